The van der Waals surface area contributed by atoms with Gasteiger partial charge in [-0.05, 0) is 57.8 Å². The van der Waals surface area contributed by atoms with E-state index in [9.17, 15) is 30.0 Å². The van der Waals surface area contributed by atoms with Crippen LogP contribution in [0.25, 0.3) is 0 Å². The lowest BCUT2D eigenvalue weighted by Gasteiger charge is -2.39. The van der Waals surface area contributed by atoms with Gasteiger partial charge in [-0.3, -0.25) is 9.59 Å². The third kappa shape index (κ3) is 23.4. The molecule has 1 heterocycles. The van der Waals surface area contributed by atoms with Gasteiger partial charge in [-0.2, -0.15) is 0 Å². The average Bonchev–Trinajstić information content (AvgIpc) is 3.11. The molecule has 0 spiro atoms. The normalized spacial score (nSPS) is 21.8. The molecule has 1 aliphatic heterocycles. The van der Waals surface area contributed by atoms with E-state index in [0.717, 1.165) is 83.5 Å². The van der Waals surface area contributed by atoms with Crippen LogP contribution in [0.15, 0.2) is 36.5 Å². The summed E-state index contributed by atoms with van der Waals surface area (Å²) in [4.78, 5) is 25.1. The molecule has 10 nitrogen and oxygen atoms in total. The highest BCUT2D eigenvalue weighted by atomic mass is 16.7. The Morgan fingerprint density at radius 2 is 1.12 bits per heavy atom. The van der Waals surface area contributed by atoms with E-state index in [1.54, 1.807) is 0 Å². The summed E-state index contributed by atoms with van der Waals surface area (Å²) in [5.41, 5.74) is 0. The van der Waals surface area contributed by atoms with Crippen LogP contribution in [-0.4, -0.2) is 89.0 Å². The third-order valence-corrected chi connectivity index (χ3v) is 8.75. The van der Waals surface area contributed by atoms with E-state index in [1.807, 2.05) is 0 Å². The van der Waals surface area contributed by atoms with Gasteiger partial charge in [0.25, 0.3) is 0 Å². The number of aliphatic hydroxyl groups excluding tert-OH is 4. The SMILES string of the molecule is CCCC/C=C/C/C=C/CCCCCCCC(=O)OC[C@@H](CO[C@H]1O[C@@H](CO)[C@@H](O)C(O)C1O)OC(=O)CCCCCCC/C=C/CCCC. The van der Waals surface area contributed by atoms with Crippen molar-refractivity contribution in [1.82, 2.24) is 0 Å². The molecule has 0 bridgehead atoms. The van der Waals surface area contributed by atoms with Crippen molar-refractivity contribution in [2.24, 2.45) is 0 Å². The Labute approximate surface area is 302 Å². The van der Waals surface area contributed by atoms with E-state index in [-0.39, 0.29) is 26.1 Å². The van der Waals surface area contributed by atoms with Crippen molar-refractivity contribution in [3.63, 3.8) is 0 Å². The van der Waals surface area contributed by atoms with E-state index >= 15 is 0 Å². The Hall–Kier alpha value is -2.08. The average molecular weight is 711 g/mol. The molecule has 50 heavy (non-hydrogen) atoms. The summed E-state index contributed by atoms with van der Waals surface area (Å²) in [7, 11) is 0. The molecule has 0 aromatic carbocycles. The number of hydrogen-bond donors (Lipinski definition) is 4. The molecule has 0 saturated carbocycles. The zero-order valence-corrected chi connectivity index (χ0v) is 31.1. The Kier molecular flexibility index (Phi) is 29.1. The zero-order valence-electron chi connectivity index (χ0n) is 31.1. The molecule has 1 saturated heterocycles. The molecule has 0 radical (unpaired) electrons. The summed E-state index contributed by atoms with van der Waals surface area (Å²) in [6.45, 7) is 3.29. The monoisotopic (exact) mass is 710 g/mol. The second-order valence-corrected chi connectivity index (χ2v) is 13.4. The Morgan fingerprint density at radius 3 is 1.68 bits per heavy atom. The molecule has 1 aliphatic rings. The van der Waals surface area contributed by atoms with Crippen LogP contribution < -0.4 is 0 Å². The Morgan fingerprint density at radius 1 is 0.620 bits per heavy atom. The van der Waals surface area contributed by atoms with Gasteiger partial charge in [-0.25, -0.2) is 0 Å². The number of esters is 2. The van der Waals surface area contributed by atoms with Gasteiger partial charge < -0.3 is 39.4 Å². The number of hydrogen-bond acceptors (Lipinski definition) is 10. The summed E-state index contributed by atoms with van der Waals surface area (Å²) >= 11 is 0. The highest BCUT2D eigenvalue weighted by Gasteiger charge is 2.44. The summed E-state index contributed by atoms with van der Waals surface area (Å²) in [6, 6.07) is 0. The molecular weight excluding hydrogens is 640 g/mol. The molecular formula is C40H70O10. The molecule has 290 valence electrons. The standard InChI is InChI=1S/C40H70O10/c1-3-5-7-9-11-13-15-16-17-19-20-22-24-26-28-35(42)47-31-33(32-48-40-39(46)38(45)37(44)34(30-41)50-40)49-36(43)29-27-25-23-21-18-14-12-10-8-6-4-2/h9-12,15-16,33-34,37-41,44-46H,3-8,13-14,17-32H2,1-2H3/b11-9+,12-10+,16-15+/t33-,34-,37+,38?,39?,40-/m0/s1. The van der Waals surface area contributed by atoms with Crippen molar-refractivity contribution < 1.29 is 49.0 Å². The lowest BCUT2D eigenvalue weighted by molar-refractivity contribution is -0.305. The van der Waals surface area contributed by atoms with Gasteiger partial charge in [-0.15, -0.1) is 0 Å². The van der Waals surface area contributed by atoms with E-state index in [4.69, 9.17) is 18.9 Å². The molecule has 10 heteroatoms. The summed E-state index contributed by atoms with van der Waals surface area (Å²) in [6.07, 6.45) is 25.8. The Balaban J connectivity index is 2.41. The zero-order chi connectivity index (χ0) is 36.7. The lowest BCUT2D eigenvalue weighted by atomic mass is 9.99. The van der Waals surface area contributed by atoms with Gasteiger partial charge in [0.05, 0.1) is 13.2 Å². The van der Waals surface area contributed by atoms with Gasteiger partial charge >= 0.3 is 11.9 Å². The number of rotatable bonds is 31. The predicted octanol–water partition coefficient (Wildman–Crippen LogP) is 7.16. The smallest absolute Gasteiger partial charge is 0.306 e. The maximum Gasteiger partial charge on any atom is 0.306 e. The first-order valence-corrected chi connectivity index (χ1v) is 19.6. The van der Waals surface area contributed by atoms with Gasteiger partial charge in [0.1, 0.15) is 31.0 Å². The molecule has 1 rings (SSSR count). The fourth-order valence-corrected chi connectivity index (χ4v) is 5.54. The summed E-state index contributed by atoms with van der Waals surface area (Å²) < 4.78 is 22.0. The van der Waals surface area contributed by atoms with E-state index in [1.165, 1.54) is 25.7 Å². The highest BCUT2D eigenvalue weighted by molar-refractivity contribution is 5.70. The van der Waals surface area contributed by atoms with E-state index in [2.05, 4.69) is 50.3 Å². The molecule has 1 fully saturated rings. The van der Waals surface area contributed by atoms with Crippen LogP contribution in [0.1, 0.15) is 149 Å². The minimum Gasteiger partial charge on any atom is -0.462 e. The first-order valence-electron chi connectivity index (χ1n) is 19.6. The molecule has 4 N–H and O–H groups in total. The molecule has 0 aliphatic carbocycles. The maximum absolute atomic E-state index is 12.7. The number of aliphatic hydroxyl groups is 4. The van der Waals surface area contributed by atoms with Crippen LogP contribution in [0, 0.1) is 0 Å². The molecule has 0 aromatic heterocycles. The van der Waals surface area contributed by atoms with Crippen molar-refractivity contribution in [3.05, 3.63) is 36.5 Å². The van der Waals surface area contributed by atoms with Gasteiger partial charge in [0.2, 0.25) is 0 Å². The van der Waals surface area contributed by atoms with Crippen molar-refractivity contribution in [2.45, 2.75) is 185 Å². The fourth-order valence-electron chi connectivity index (χ4n) is 5.54. The molecule has 6 atom stereocenters. The third-order valence-electron chi connectivity index (χ3n) is 8.75. The number of allylic oxidation sites excluding steroid dienone is 6. The van der Waals surface area contributed by atoms with Crippen molar-refractivity contribution in [3.8, 4) is 0 Å². The highest BCUT2D eigenvalue weighted by Crippen LogP contribution is 2.22. The largest absolute Gasteiger partial charge is 0.462 e. The number of carbonyl (C=O) groups is 2. The first-order chi connectivity index (χ1) is 24.3. The molecule has 2 unspecified atom stereocenters. The topological polar surface area (TPSA) is 152 Å². The number of unbranched alkanes of at least 4 members (excludes halogenated alkanes) is 14. The second kappa shape index (κ2) is 31.6. The lowest BCUT2D eigenvalue weighted by Crippen LogP contribution is -2.59. The van der Waals surface area contributed by atoms with Crippen molar-refractivity contribution in [1.29, 1.82) is 0 Å². The van der Waals surface area contributed by atoms with Crippen LogP contribution in [0.2, 0.25) is 0 Å². The van der Waals surface area contributed by atoms with Crippen molar-refractivity contribution >= 4 is 11.9 Å². The number of carbonyl (C=O) groups excluding carboxylic acids is 2. The van der Waals surface area contributed by atoms with E-state index < -0.39 is 55.4 Å². The predicted molar refractivity (Wildman–Crippen MR) is 196 cm³/mol. The summed E-state index contributed by atoms with van der Waals surface area (Å²) in [5, 5.41) is 39.9. The number of ether oxygens (including phenoxy) is 4. The van der Waals surface area contributed by atoms with Gasteiger partial charge in [0, 0.05) is 12.8 Å². The first kappa shape index (κ1) is 45.9. The van der Waals surface area contributed by atoms with E-state index in [0.29, 0.717) is 12.8 Å². The van der Waals surface area contributed by atoms with Gasteiger partial charge in [-0.1, -0.05) is 115 Å². The quantitative estimate of drug-likeness (QED) is 0.0331. The molecule has 0 amide bonds. The minimum atomic E-state index is -1.60. The van der Waals surface area contributed by atoms with Crippen LogP contribution in [-0.2, 0) is 28.5 Å². The van der Waals surface area contributed by atoms with Crippen LogP contribution in [0.3, 0.4) is 0 Å². The summed E-state index contributed by atoms with van der Waals surface area (Å²) in [5.74, 6) is -0.838. The minimum absolute atomic E-state index is 0.216. The molecule has 0 aromatic rings. The van der Waals surface area contributed by atoms with Crippen LogP contribution in [0.5, 0.6) is 0 Å². The van der Waals surface area contributed by atoms with Crippen molar-refractivity contribution in [2.75, 3.05) is 19.8 Å². The second-order valence-electron chi connectivity index (χ2n) is 13.4. The maximum atomic E-state index is 12.7. The van der Waals surface area contributed by atoms with Crippen LogP contribution >= 0.6 is 0 Å². The Bertz CT molecular complexity index is 918. The fraction of sp³-hybridized carbons (Fsp3) is 0.800. The van der Waals surface area contributed by atoms with Gasteiger partial charge in [0.15, 0.2) is 12.4 Å². The van der Waals surface area contributed by atoms with Crippen LogP contribution in [0.4, 0.5) is 0 Å².